The van der Waals surface area contributed by atoms with Crippen molar-refractivity contribution in [2.24, 2.45) is 5.73 Å². The summed E-state index contributed by atoms with van der Waals surface area (Å²) in [4.78, 5) is 0. The Morgan fingerprint density at radius 2 is 1.18 bits per heavy atom. The topological polar surface area (TPSA) is 84.9 Å². The summed E-state index contributed by atoms with van der Waals surface area (Å²) in [6, 6.07) is 0. The number of rotatable bonds is 6. The molecule has 4 N–H and O–H groups in total. The molecule has 0 aromatic carbocycles. The normalized spacial score (nSPS) is 9.88. The maximum atomic E-state index is 8.09. The van der Waals surface area contributed by atoms with Crippen LogP contribution < -0.4 is 5.73 Å². The highest BCUT2D eigenvalue weighted by molar-refractivity contribution is 4.60. The molecule has 0 unspecified atom stereocenters. The second kappa shape index (κ2) is 18.2. The van der Waals surface area contributed by atoms with Crippen molar-refractivity contribution in [3.05, 3.63) is 0 Å². The summed E-state index contributed by atoms with van der Waals surface area (Å²) in [6.45, 7) is 12.3. The van der Waals surface area contributed by atoms with Gasteiger partial charge in [0.1, 0.15) is 0 Å². The van der Waals surface area contributed by atoms with E-state index >= 15 is 0 Å². The zero-order chi connectivity index (χ0) is 14.2. The van der Waals surface area contributed by atoms with Gasteiger partial charge in [-0.2, -0.15) is 0 Å². The summed E-state index contributed by atoms with van der Waals surface area (Å²) in [5, 5.41) is 16.2. The smallest absolute Gasteiger partial charge is 0.0698 e. The van der Waals surface area contributed by atoms with Gasteiger partial charge in [0.2, 0.25) is 0 Å². The zero-order valence-corrected chi connectivity index (χ0v) is 12.0. The van der Waals surface area contributed by atoms with E-state index in [9.17, 15) is 0 Å². The highest BCUT2D eigenvalue weighted by atomic mass is 16.5. The second-order valence-electron chi connectivity index (χ2n) is 4.21. The van der Waals surface area contributed by atoms with Gasteiger partial charge in [-0.25, -0.2) is 0 Å². The van der Waals surface area contributed by atoms with E-state index in [2.05, 4.69) is 4.74 Å². The lowest BCUT2D eigenvalue weighted by atomic mass is 10.1. The lowest BCUT2D eigenvalue weighted by Crippen LogP contribution is -2.26. The summed E-state index contributed by atoms with van der Waals surface area (Å²) in [6.07, 6.45) is 0. The summed E-state index contributed by atoms with van der Waals surface area (Å²) >= 11 is 0. The van der Waals surface area contributed by atoms with Gasteiger partial charge in [-0.1, -0.05) is 0 Å². The Balaban J connectivity index is -0.000000177. The van der Waals surface area contributed by atoms with Crippen LogP contribution in [0, 0.1) is 0 Å². The Labute approximate surface area is 106 Å². The Kier molecular flexibility index (Phi) is 23.5. The molecule has 0 fully saturated rings. The summed E-state index contributed by atoms with van der Waals surface area (Å²) in [5.41, 5.74) is 5.35. The minimum absolute atomic E-state index is 0. The fourth-order valence-corrected chi connectivity index (χ4v) is 0.435. The third-order valence-electron chi connectivity index (χ3n) is 0.879. The standard InChI is InChI=1S/C4H11N.C4H10O3.C4H10O/c1-4(2,3)5;5-1-3-7-4-2-6;1-3-5-4-2/h5H2,1-3H3;5-6H,1-4H2;3-4H2,1-2H3. The van der Waals surface area contributed by atoms with Crippen LogP contribution in [0.2, 0.25) is 0 Å². The average Bonchev–Trinajstić information content (AvgIpc) is 2.18. The molecule has 5 nitrogen and oxygen atoms in total. The van der Waals surface area contributed by atoms with E-state index in [1.807, 2.05) is 34.6 Å². The lowest BCUT2D eigenvalue weighted by molar-refractivity contribution is 0.0650. The lowest BCUT2D eigenvalue weighted by Gasteiger charge is -2.06. The number of ether oxygens (including phenoxy) is 2. The molecule has 0 amide bonds. The Hall–Kier alpha value is -0.200. The average molecular weight is 253 g/mol. The van der Waals surface area contributed by atoms with Crippen molar-refractivity contribution in [2.75, 3.05) is 39.6 Å². The molecule has 0 aliphatic rings. The molecule has 0 radical (unpaired) electrons. The van der Waals surface area contributed by atoms with Gasteiger partial charge < -0.3 is 25.4 Å². The highest BCUT2D eigenvalue weighted by Gasteiger charge is 1.95. The van der Waals surface area contributed by atoms with E-state index in [-0.39, 0.29) is 18.8 Å². The van der Waals surface area contributed by atoms with Crippen LogP contribution in [0.4, 0.5) is 0 Å². The number of nitrogens with two attached hydrogens (primary N) is 1. The molecule has 0 saturated carbocycles. The van der Waals surface area contributed by atoms with Crippen molar-refractivity contribution in [2.45, 2.75) is 40.2 Å². The molecule has 0 bridgehead atoms. The molecule has 0 atom stereocenters. The molecule has 0 aliphatic carbocycles. The molecule has 108 valence electrons. The molecule has 0 aromatic heterocycles. The van der Waals surface area contributed by atoms with Crippen molar-refractivity contribution < 1.29 is 19.7 Å². The molecular weight excluding hydrogens is 222 g/mol. The summed E-state index contributed by atoms with van der Waals surface area (Å²) in [5.74, 6) is 0. The van der Waals surface area contributed by atoms with E-state index in [4.69, 9.17) is 20.7 Å². The molecule has 0 rings (SSSR count). The minimum atomic E-state index is 0. The van der Waals surface area contributed by atoms with Gasteiger partial charge in [0.05, 0.1) is 26.4 Å². The fourth-order valence-electron chi connectivity index (χ4n) is 0.435. The van der Waals surface area contributed by atoms with Crippen LogP contribution in [0.15, 0.2) is 0 Å². The molecular formula is C12H31NO4. The van der Waals surface area contributed by atoms with Crippen LogP contribution in [0.5, 0.6) is 0 Å². The van der Waals surface area contributed by atoms with E-state index in [1.54, 1.807) is 0 Å². The van der Waals surface area contributed by atoms with Gasteiger partial charge in [0.15, 0.2) is 0 Å². The van der Waals surface area contributed by atoms with Crippen LogP contribution in [0.25, 0.3) is 0 Å². The summed E-state index contributed by atoms with van der Waals surface area (Å²) in [7, 11) is 0. The SMILES string of the molecule is CC(C)(C)N.CCOCC.OCCOCCO. The third-order valence-corrected chi connectivity index (χ3v) is 0.879. The predicted octanol–water partition coefficient (Wildman–Crippen LogP) is 0.774. The van der Waals surface area contributed by atoms with Gasteiger partial charge in [0.25, 0.3) is 0 Å². The van der Waals surface area contributed by atoms with Crippen molar-refractivity contribution in [1.29, 1.82) is 0 Å². The van der Waals surface area contributed by atoms with Crippen molar-refractivity contribution in [1.82, 2.24) is 0 Å². The number of hydrogen-bond donors (Lipinski definition) is 3. The monoisotopic (exact) mass is 253 g/mol. The van der Waals surface area contributed by atoms with Crippen LogP contribution in [-0.4, -0.2) is 55.4 Å². The van der Waals surface area contributed by atoms with E-state index in [1.165, 1.54) is 0 Å². The molecule has 17 heavy (non-hydrogen) atoms. The molecule has 0 heterocycles. The number of hydrogen-bond acceptors (Lipinski definition) is 5. The van der Waals surface area contributed by atoms with Crippen LogP contribution in [0.1, 0.15) is 34.6 Å². The van der Waals surface area contributed by atoms with Crippen LogP contribution in [0.3, 0.4) is 0 Å². The van der Waals surface area contributed by atoms with Gasteiger partial charge in [-0.3, -0.25) is 0 Å². The first-order chi connectivity index (χ1) is 7.83. The Morgan fingerprint density at radius 1 is 0.882 bits per heavy atom. The molecule has 0 aromatic rings. The van der Waals surface area contributed by atoms with E-state index in [0.29, 0.717) is 13.2 Å². The molecule has 0 aliphatic heterocycles. The largest absolute Gasteiger partial charge is 0.394 e. The van der Waals surface area contributed by atoms with Crippen LogP contribution >= 0.6 is 0 Å². The van der Waals surface area contributed by atoms with Gasteiger partial charge >= 0.3 is 0 Å². The summed E-state index contributed by atoms with van der Waals surface area (Å²) < 4.78 is 9.47. The molecule has 0 spiro atoms. The third kappa shape index (κ3) is 89.4. The maximum absolute atomic E-state index is 8.09. The van der Waals surface area contributed by atoms with Crippen molar-refractivity contribution >= 4 is 0 Å². The number of aliphatic hydroxyl groups excluding tert-OH is 2. The van der Waals surface area contributed by atoms with Gasteiger partial charge in [-0.15, -0.1) is 0 Å². The first kappa shape index (κ1) is 22.0. The van der Waals surface area contributed by atoms with E-state index < -0.39 is 0 Å². The second-order valence-corrected chi connectivity index (χ2v) is 4.21. The first-order valence-corrected chi connectivity index (χ1v) is 5.99. The predicted molar refractivity (Wildman–Crippen MR) is 71.1 cm³/mol. The number of aliphatic hydroxyl groups is 2. The van der Waals surface area contributed by atoms with Gasteiger partial charge in [-0.05, 0) is 34.6 Å². The Bertz CT molecular complexity index is 104. The fraction of sp³-hybridized carbons (Fsp3) is 1.00. The van der Waals surface area contributed by atoms with Crippen molar-refractivity contribution in [3.8, 4) is 0 Å². The Morgan fingerprint density at radius 3 is 1.29 bits per heavy atom. The van der Waals surface area contributed by atoms with Crippen molar-refractivity contribution in [3.63, 3.8) is 0 Å². The molecule has 5 heteroatoms. The zero-order valence-electron chi connectivity index (χ0n) is 12.0. The highest BCUT2D eigenvalue weighted by Crippen LogP contribution is 1.88. The maximum Gasteiger partial charge on any atom is 0.0698 e. The van der Waals surface area contributed by atoms with Crippen LogP contribution in [-0.2, 0) is 9.47 Å². The molecule has 0 saturated heterocycles. The first-order valence-electron chi connectivity index (χ1n) is 5.99. The quantitative estimate of drug-likeness (QED) is 0.609. The van der Waals surface area contributed by atoms with E-state index in [0.717, 1.165) is 13.2 Å². The van der Waals surface area contributed by atoms with Gasteiger partial charge in [0, 0.05) is 18.8 Å². The minimum Gasteiger partial charge on any atom is -0.394 e.